The van der Waals surface area contributed by atoms with Gasteiger partial charge in [-0.25, -0.2) is 0 Å². The van der Waals surface area contributed by atoms with E-state index >= 15 is 0 Å². The van der Waals surface area contributed by atoms with Crippen molar-refractivity contribution in [2.24, 2.45) is 5.92 Å². The minimum Gasteiger partial charge on any atom is -0.379 e. The third-order valence-electron chi connectivity index (χ3n) is 4.59. The number of hydrogen-bond acceptors (Lipinski definition) is 4. The van der Waals surface area contributed by atoms with Gasteiger partial charge in [-0.3, -0.25) is 9.69 Å². The van der Waals surface area contributed by atoms with E-state index in [-0.39, 0.29) is 5.91 Å². The highest BCUT2D eigenvalue weighted by Gasteiger charge is 2.21. The van der Waals surface area contributed by atoms with Crippen LogP contribution in [0.25, 0.3) is 0 Å². The normalized spacial score (nSPS) is 19.5. The van der Waals surface area contributed by atoms with Gasteiger partial charge in [0.2, 0.25) is 5.91 Å². The van der Waals surface area contributed by atoms with Crippen molar-refractivity contribution >= 4 is 5.91 Å². The van der Waals surface area contributed by atoms with Gasteiger partial charge in [0.15, 0.2) is 0 Å². The lowest BCUT2D eigenvalue weighted by Gasteiger charge is -2.33. The first-order valence-corrected chi connectivity index (χ1v) is 9.42. The molecular weight excluding hydrogens is 316 g/mol. The van der Waals surface area contributed by atoms with Crippen molar-refractivity contribution in [3.8, 4) is 0 Å². The molecule has 1 heterocycles. The van der Waals surface area contributed by atoms with Gasteiger partial charge in [-0.1, -0.05) is 30.3 Å². The van der Waals surface area contributed by atoms with Gasteiger partial charge in [-0.15, -0.1) is 0 Å². The molecule has 0 unspecified atom stereocenters. The smallest absolute Gasteiger partial charge is 0.248 e. The number of carbonyl (C=O) groups excluding carboxylic acids is 1. The van der Waals surface area contributed by atoms with E-state index in [0.29, 0.717) is 25.7 Å². The molecule has 2 atom stereocenters. The predicted octanol–water partition coefficient (Wildman–Crippen LogP) is 2.46. The molecule has 1 saturated heterocycles. The van der Waals surface area contributed by atoms with Gasteiger partial charge in [0.05, 0.1) is 13.2 Å². The molecule has 1 aromatic carbocycles. The highest BCUT2D eigenvalue weighted by Crippen LogP contribution is 2.18. The van der Waals surface area contributed by atoms with Gasteiger partial charge in [0, 0.05) is 26.2 Å². The van der Waals surface area contributed by atoms with Gasteiger partial charge < -0.3 is 14.8 Å². The fourth-order valence-electron chi connectivity index (χ4n) is 3.20. The molecule has 1 amide bonds. The molecule has 0 spiro atoms. The van der Waals surface area contributed by atoms with E-state index in [1.165, 1.54) is 18.4 Å². The summed E-state index contributed by atoms with van der Waals surface area (Å²) >= 11 is 0. The summed E-state index contributed by atoms with van der Waals surface area (Å²) in [6, 6.07) is 10.6. The highest BCUT2D eigenvalue weighted by molar-refractivity contribution is 5.80. The summed E-state index contributed by atoms with van der Waals surface area (Å²) in [7, 11) is 0. The SMILES string of the molecule is CCOCCO[C@@H](C)C(=O)NC[C@H]1CCCN(Cc2ccccc2)C1. The molecule has 1 N–H and O–H groups in total. The molecule has 1 aliphatic heterocycles. The Hall–Kier alpha value is -1.43. The summed E-state index contributed by atoms with van der Waals surface area (Å²) < 4.78 is 10.7. The first-order chi connectivity index (χ1) is 12.2. The van der Waals surface area contributed by atoms with Crippen LogP contribution in [0.5, 0.6) is 0 Å². The molecular formula is C20H32N2O3. The lowest BCUT2D eigenvalue weighted by atomic mass is 9.97. The van der Waals surface area contributed by atoms with Gasteiger partial charge in [0.1, 0.15) is 6.10 Å². The molecule has 5 nitrogen and oxygen atoms in total. The van der Waals surface area contributed by atoms with E-state index in [2.05, 4.69) is 40.5 Å². The Morgan fingerprint density at radius 3 is 2.88 bits per heavy atom. The van der Waals surface area contributed by atoms with Crippen LogP contribution >= 0.6 is 0 Å². The zero-order chi connectivity index (χ0) is 17.9. The molecule has 25 heavy (non-hydrogen) atoms. The number of benzene rings is 1. The zero-order valence-electron chi connectivity index (χ0n) is 15.6. The van der Waals surface area contributed by atoms with E-state index in [0.717, 1.165) is 26.2 Å². The van der Waals surface area contributed by atoms with Gasteiger partial charge in [-0.2, -0.15) is 0 Å². The lowest BCUT2D eigenvalue weighted by molar-refractivity contribution is -0.132. The third kappa shape index (κ3) is 7.55. The molecule has 5 heteroatoms. The van der Waals surface area contributed by atoms with Crippen LogP contribution in [0, 0.1) is 5.92 Å². The number of likely N-dealkylation sites (tertiary alicyclic amines) is 1. The number of nitrogens with one attached hydrogen (secondary N) is 1. The molecule has 0 saturated carbocycles. The van der Waals surface area contributed by atoms with Crippen LogP contribution in [0.3, 0.4) is 0 Å². The lowest BCUT2D eigenvalue weighted by Crippen LogP contribution is -2.43. The number of rotatable bonds is 10. The Morgan fingerprint density at radius 1 is 1.32 bits per heavy atom. The van der Waals surface area contributed by atoms with E-state index in [1.54, 1.807) is 6.92 Å². The Bertz CT molecular complexity index is 495. The van der Waals surface area contributed by atoms with E-state index in [4.69, 9.17) is 9.47 Å². The van der Waals surface area contributed by atoms with Gasteiger partial charge in [-0.05, 0) is 44.7 Å². The number of amides is 1. The van der Waals surface area contributed by atoms with Crippen LogP contribution in [0.15, 0.2) is 30.3 Å². The van der Waals surface area contributed by atoms with Crippen molar-refractivity contribution in [2.75, 3.05) is 39.5 Å². The van der Waals surface area contributed by atoms with Crippen LogP contribution in [0.4, 0.5) is 0 Å². The zero-order valence-corrected chi connectivity index (χ0v) is 15.6. The van der Waals surface area contributed by atoms with Crippen molar-refractivity contribution in [1.29, 1.82) is 0 Å². The fraction of sp³-hybridized carbons (Fsp3) is 0.650. The molecule has 0 bridgehead atoms. The quantitative estimate of drug-likeness (QED) is 0.660. The Morgan fingerprint density at radius 2 is 2.12 bits per heavy atom. The Balaban J connectivity index is 1.66. The first kappa shape index (κ1) is 19.9. The summed E-state index contributed by atoms with van der Waals surface area (Å²) in [6.07, 6.45) is 1.93. The average Bonchev–Trinajstić information content (AvgIpc) is 2.64. The van der Waals surface area contributed by atoms with Crippen molar-refractivity contribution < 1.29 is 14.3 Å². The van der Waals surface area contributed by atoms with Crippen molar-refractivity contribution in [3.05, 3.63) is 35.9 Å². The summed E-state index contributed by atoms with van der Waals surface area (Å²) in [5.41, 5.74) is 1.35. The summed E-state index contributed by atoms with van der Waals surface area (Å²) in [6.45, 7) is 9.29. The van der Waals surface area contributed by atoms with E-state index < -0.39 is 6.10 Å². The average molecular weight is 348 g/mol. The van der Waals surface area contributed by atoms with E-state index in [1.807, 2.05) is 6.92 Å². The van der Waals surface area contributed by atoms with Crippen LogP contribution in [-0.2, 0) is 20.8 Å². The maximum atomic E-state index is 12.1. The second-order valence-electron chi connectivity index (χ2n) is 6.68. The number of piperidine rings is 1. The predicted molar refractivity (Wildman–Crippen MR) is 99.4 cm³/mol. The number of hydrogen-bond donors (Lipinski definition) is 1. The molecule has 2 rings (SSSR count). The Kier molecular flexibility index (Phi) is 8.94. The van der Waals surface area contributed by atoms with Crippen LogP contribution in [0.1, 0.15) is 32.3 Å². The second kappa shape index (κ2) is 11.2. The van der Waals surface area contributed by atoms with Crippen molar-refractivity contribution in [2.45, 2.75) is 39.3 Å². The maximum Gasteiger partial charge on any atom is 0.248 e. The largest absolute Gasteiger partial charge is 0.379 e. The maximum absolute atomic E-state index is 12.1. The summed E-state index contributed by atoms with van der Waals surface area (Å²) in [5, 5.41) is 3.05. The fourth-order valence-corrected chi connectivity index (χ4v) is 3.20. The van der Waals surface area contributed by atoms with Gasteiger partial charge in [0.25, 0.3) is 0 Å². The number of carbonyl (C=O) groups is 1. The molecule has 1 aromatic rings. The van der Waals surface area contributed by atoms with Crippen molar-refractivity contribution in [3.63, 3.8) is 0 Å². The molecule has 140 valence electrons. The van der Waals surface area contributed by atoms with Crippen LogP contribution in [-0.4, -0.2) is 56.4 Å². The van der Waals surface area contributed by atoms with E-state index in [9.17, 15) is 4.79 Å². The van der Waals surface area contributed by atoms with Gasteiger partial charge >= 0.3 is 0 Å². The number of ether oxygens (including phenoxy) is 2. The molecule has 0 radical (unpaired) electrons. The molecule has 1 fully saturated rings. The minimum atomic E-state index is -0.426. The minimum absolute atomic E-state index is 0.0309. The van der Waals surface area contributed by atoms with Crippen molar-refractivity contribution in [1.82, 2.24) is 10.2 Å². The second-order valence-corrected chi connectivity index (χ2v) is 6.68. The molecule has 1 aliphatic rings. The topological polar surface area (TPSA) is 50.8 Å². The highest BCUT2D eigenvalue weighted by atomic mass is 16.5. The standard InChI is InChI=1S/C20H32N2O3/c1-3-24-12-13-25-17(2)20(23)21-14-19-10-7-11-22(16-19)15-18-8-5-4-6-9-18/h4-6,8-9,17,19H,3,7,10-16H2,1-2H3,(H,21,23)/t17-,19+/m0/s1. The van der Waals surface area contributed by atoms with Crippen LogP contribution < -0.4 is 5.32 Å². The third-order valence-corrected chi connectivity index (χ3v) is 4.59. The molecule has 0 aromatic heterocycles. The monoisotopic (exact) mass is 348 g/mol. The molecule has 0 aliphatic carbocycles. The summed E-state index contributed by atoms with van der Waals surface area (Å²) in [4.78, 5) is 14.6. The number of nitrogens with zero attached hydrogens (tertiary/aromatic N) is 1. The Labute approximate surface area is 151 Å². The van der Waals surface area contributed by atoms with Crippen LogP contribution in [0.2, 0.25) is 0 Å². The summed E-state index contributed by atoms with van der Waals surface area (Å²) in [5.74, 6) is 0.480. The first-order valence-electron chi connectivity index (χ1n) is 9.42.